The van der Waals surface area contributed by atoms with E-state index in [4.69, 9.17) is 0 Å². The summed E-state index contributed by atoms with van der Waals surface area (Å²) in [6, 6.07) is 2.80. The zero-order valence-corrected chi connectivity index (χ0v) is 16.8. The Bertz CT molecular complexity index is 1190. The molecule has 0 saturated heterocycles. The van der Waals surface area contributed by atoms with E-state index in [2.05, 4.69) is 20.9 Å². The summed E-state index contributed by atoms with van der Waals surface area (Å²) in [5.74, 6) is -11.2. The number of benzene rings is 1. The lowest BCUT2D eigenvalue weighted by molar-refractivity contribution is -0.140. The van der Waals surface area contributed by atoms with Gasteiger partial charge < -0.3 is 10.1 Å². The van der Waals surface area contributed by atoms with Gasteiger partial charge in [0.25, 0.3) is 0 Å². The lowest BCUT2D eigenvalue weighted by Crippen LogP contribution is -2.25. The van der Waals surface area contributed by atoms with Gasteiger partial charge in [-0.25, -0.2) is 26.0 Å². The summed E-state index contributed by atoms with van der Waals surface area (Å²) >= 11 is 4.01. The zero-order valence-electron chi connectivity index (χ0n) is 13.6. The van der Waals surface area contributed by atoms with Crippen molar-refractivity contribution >= 4 is 54.0 Å². The Kier molecular flexibility index (Phi) is 5.56. The minimum atomic E-state index is -3.98. The van der Waals surface area contributed by atoms with Gasteiger partial charge in [0.15, 0.2) is 33.1 Å². The number of carboxylic acid groups (broad SMARTS) is 1. The number of nitrogens with one attached hydrogen (secondary N) is 1. The molecule has 150 valence electrons. The molecule has 2 N–H and O–H groups in total. The third-order valence-corrected chi connectivity index (χ3v) is 8.09. The Labute approximate surface area is 168 Å². The van der Waals surface area contributed by atoms with E-state index < -0.39 is 68.1 Å². The zero-order chi connectivity index (χ0) is 20.8. The lowest BCUT2D eigenvalue weighted by Gasteiger charge is -2.12. The summed E-state index contributed by atoms with van der Waals surface area (Å²) < 4.78 is 80.2. The van der Waals surface area contributed by atoms with Crippen LogP contribution in [0.5, 0.6) is 0 Å². The summed E-state index contributed by atoms with van der Waals surface area (Å²) in [5, 5.41) is 8.75. The normalized spacial score (nSPS) is 13.2. The maximum atomic E-state index is 14.1. The molecular formula is C16H10BrF4NO4S2. The first-order valence-electron chi connectivity index (χ1n) is 7.55. The fourth-order valence-electron chi connectivity index (χ4n) is 2.76. The van der Waals surface area contributed by atoms with E-state index in [-0.39, 0.29) is 9.77 Å². The summed E-state index contributed by atoms with van der Waals surface area (Å²) in [6.45, 7) is 0. The van der Waals surface area contributed by atoms with Crippen LogP contribution in [0.1, 0.15) is 5.56 Å². The molecule has 28 heavy (non-hydrogen) atoms. The Morgan fingerprint density at radius 2 is 1.79 bits per heavy atom. The first-order valence-corrected chi connectivity index (χ1v) is 10.8. The number of aromatic amines is 1. The number of carbonyl (C=O) groups is 1. The molecule has 12 heteroatoms. The molecule has 0 aliphatic carbocycles. The molecule has 0 amide bonds. The number of halogens is 5. The van der Waals surface area contributed by atoms with Gasteiger partial charge in [0.2, 0.25) is 0 Å². The van der Waals surface area contributed by atoms with E-state index in [1.807, 2.05) is 0 Å². The second kappa shape index (κ2) is 7.48. The molecule has 1 atom stereocenters. The molecule has 0 aliphatic rings. The second-order valence-electron chi connectivity index (χ2n) is 5.90. The largest absolute Gasteiger partial charge is 0.481 e. The van der Waals surface area contributed by atoms with Crippen molar-refractivity contribution in [3.8, 4) is 0 Å². The van der Waals surface area contributed by atoms with Crippen LogP contribution < -0.4 is 0 Å². The number of thiophene rings is 1. The molecule has 0 aliphatic heterocycles. The molecule has 2 aromatic heterocycles. The third-order valence-electron chi connectivity index (χ3n) is 4.07. The monoisotopic (exact) mass is 499 g/mol. The van der Waals surface area contributed by atoms with E-state index in [0.717, 1.165) is 17.5 Å². The van der Waals surface area contributed by atoms with Crippen LogP contribution in [0.3, 0.4) is 0 Å². The second-order valence-corrected chi connectivity index (χ2v) is 10.6. The van der Waals surface area contributed by atoms with Gasteiger partial charge in [0.1, 0.15) is 4.21 Å². The molecule has 5 nitrogen and oxygen atoms in total. The van der Waals surface area contributed by atoms with E-state index in [1.165, 1.54) is 12.1 Å². The Morgan fingerprint density at radius 3 is 2.36 bits per heavy atom. The van der Waals surface area contributed by atoms with Crippen LogP contribution in [0.25, 0.3) is 10.9 Å². The number of H-pyrrole nitrogens is 1. The van der Waals surface area contributed by atoms with Crippen LogP contribution >= 0.6 is 27.3 Å². The number of fused-ring (bicyclic) bond motifs is 1. The highest BCUT2D eigenvalue weighted by molar-refractivity contribution is 9.11. The van der Waals surface area contributed by atoms with Gasteiger partial charge in [-0.1, -0.05) is 0 Å². The van der Waals surface area contributed by atoms with Gasteiger partial charge in [-0.15, -0.1) is 11.3 Å². The number of aliphatic carboxylic acids is 1. The quantitative estimate of drug-likeness (QED) is 0.301. The molecule has 3 rings (SSSR count). The van der Waals surface area contributed by atoms with Gasteiger partial charge in [0.05, 0.1) is 21.0 Å². The molecule has 0 bridgehead atoms. The van der Waals surface area contributed by atoms with Gasteiger partial charge in [-0.3, -0.25) is 4.79 Å². The topological polar surface area (TPSA) is 87.2 Å². The van der Waals surface area contributed by atoms with Crippen molar-refractivity contribution in [3.05, 3.63) is 50.9 Å². The van der Waals surface area contributed by atoms with E-state index >= 15 is 0 Å². The summed E-state index contributed by atoms with van der Waals surface area (Å²) in [6.07, 6.45) is 0.461. The van der Waals surface area contributed by atoms with Gasteiger partial charge in [0, 0.05) is 11.6 Å². The SMILES string of the molecule is O=C(O)[C@@H](Cc1c[nH]c2c(F)c(F)c(F)c(F)c12)CS(=O)(=O)c1ccc(Br)s1. The Hall–Kier alpha value is -1.92. The average Bonchev–Trinajstić information content (AvgIpc) is 3.24. The van der Waals surface area contributed by atoms with Crippen LogP contribution in [0.4, 0.5) is 17.6 Å². The fourth-order valence-corrected chi connectivity index (χ4v) is 6.41. The average molecular weight is 500 g/mol. The van der Waals surface area contributed by atoms with Crippen molar-refractivity contribution in [2.45, 2.75) is 10.6 Å². The van der Waals surface area contributed by atoms with E-state index in [0.29, 0.717) is 3.79 Å². The van der Waals surface area contributed by atoms with Crippen molar-refractivity contribution in [2.24, 2.45) is 5.92 Å². The predicted octanol–water partition coefficient (Wildman–Crippen LogP) is 4.27. The number of hydrogen-bond acceptors (Lipinski definition) is 4. The van der Waals surface area contributed by atoms with Crippen LogP contribution in [0.15, 0.2) is 26.3 Å². The standard InChI is InChI=1S/C16H10BrF4NO4S2/c17-8-1-2-9(27-8)28(25,26)5-7(16(23)24)3-6-4-22-15-10(6)11(18)12(19)13(20)14(15)21/h1-2,4,7,22H,3,5H2,(H,23,24)/t7-/m0/s1. The number of rotatable bonds is 6. The predicted molar refractivity (Wildman–Crippen MR) is 97.0 cm³/mol. The third kappa shape index (κ3) is 3.67. The van der Waals surface area contributed by atoms with Crippen LogP contribution in [-0.2, 0) is 21.1 Å². The first kappa shape index (κ1) is 20.8. The molecular weight excluding hydrogens is 490 g/mol. The minimum Gasteiger partial charge on any atom is -0.481 e. The number of carboxylic acids is 1. The fraction of sp³-hybridized carbons (Fsp3) is 0.188. The highest BCUT2D eigenvalue weighted by atomic mass is 79.9. The van der Waals surface area contributed by atoms with Crippen molar-refractivity contribution in [2.75, 3.05) is 5.75 Å². The first-order chi connectivity index (χ1) is 13.0. The van der Waals surface area contributed by atoms with E-state index in [1.54, 1.807) is 0 Å². The molecule has 0 unspecified atom stereocenters. The smallest absolute Gasteiger partial charge is 0.307 e. The number of hydrogen-bond donors (Lipinski definition) is 2. The van der Waals surface area contributed by atoms with Crippen molar-refractivity contribution in [1.29, 1.82) is 0 Å². The molecule has 0 fully saturated rings. The highest BCUT2D eigenvalue weighted by Gasteiger charge is 2.30. The molecule has 0 saturated carbocycles. The maximum Gasteiger partial charge on any atom is 0.307 e. The van der Waals surface area contributed by atoms with Gasteiger partial charge >= 0.3 is 5.97 Å². The maximum absolute atomic E-state index is 14.1. The molecule has 0 spiro atoms. The lowest BCUT2D eigenvalue weighted by atomic mass is 10.00. The Balaban J connectivity index is 1.99. The van der Waals surface area contributed by atoms with Gasteiger partial charge in [-0.05, 0) is 40.0 Å². The molecule has 1 aromatic carbocycles. The Morgan fingerprint density at radius 1 is 1.14 bits per heavy atom. The molecule has 2 heterocycles. The van der Waals surface area contributed by atoms with Gasteiger partial charge in [-0.2, -0.15) is 0 Å². The summed E-state index contributed by atoms with van der Waals surface area (Å²) in [4.78, 5) is 13.8. The highest BCUT2D eigenvalue weighted by Crippen LogP contribution is 2.32. The van der Waals surface area contributed by atoms with Crippen molar-refractivity contribution in [3.63, 3.8) is 0 Å². The van der Waals surface area contributed by atoms with Crippen molar-refractivity contribution in [1.82, 2.24) is 4.98 Å². The number of aromatic nitrogens is 1. The van der Waals surface area contributed by atoms with Crippen LogP contribution in [-0.4, -0.2) is 30.2 Å². The molecule has 0 radical (unpaired) electrons. The van der Waals surface area contributed by atoms with Crippen molar-refractivity contribution < 1.29 is 35.9 Å². The van der Waals surface area contributed by atoms with E-state index in [9.17, 15) is 35.9 Å². The number of sulfone groups is 1. The summed E-state index contributed by atoms with van der Waals surface area (Å²) in [5.41, 5.74) is -0.846. The molecule has 3 aromatic rings. The minimum absolute atomic E-state index is 0.0603. The van der Waals surface area contributed by atoms with Crippen LogP contribution in [0.2, 0.25) is 0 Å². The summed E-state index contributed by atoms with van der Waals surface area (Å²) in [7, 11) is -3.98. The van der Waals surface area contributed by atoms with Crippen LogP contribution in [0, 0.1) is 29.2 Å².